The number of halogens is 1. The number of carbonyl (C=O) groups is 1. The molecule has 1 aliphatic rings. The lowest BCUT2D eigenvalue weighted by Crippen LogP contribution is -2.41. The normalized spacial score (nSPS) is 17.9. The zero-order valence-electron chi connectivity index (χ0n) is 16.8. The maximum atomic E-state index is 12.8. The van der Waals surface area contributed by atoms with E-state index in [1.807, 2.05) is 52.0 Å². The van der Waals surface area contributed by atoms with Crippen molar-refractivity contribution in [1.82, 2.24) is 9.88 Å². The van der Waals surface area contributed by atoms with Gasteiger partial charge in [0.2, 0.25) is 0 Å². The van der Waals surface area contributed by atoms with Crippen LogP contribution >= 0.6 is 11.6 Å². The molecule has 0 radical (unpaired) electrons. The number of likely N-dealkylation sites (tertiary alicyclic amines) is 1. The number of nitrogens with zero attached hydrogens (tertiary/aromatic N) is 3. The number of anilines is 1. The molecule has 1 fully saturated rings. The molecule has 1 aromatic heterocycles. The number of aromatic nitrogens is 1. The molecule has 0 N–H and O–H groups in total. The van der Waals surface area contributed by atoms with E-state index in [1.54, 1.807) is 0 Å². The minimum absolute atomic E-state index is 0.00337. The third-order valence-electron chi connectivity index (χ3n) is 4.80. The quantitative estimate of drug-likeness (QED) is 0.643. The number of ether oxygens (including phenoxy) is 1. The molecule has 0 saturated carbocycles. The smallest absolute Gasteiger partial charge is 0.410 e. The van der Waals surface area contributed by atoms with Crippen molar-refractivity contribution in [3.05, 3.63) is 35.1 Å². The minimum Gasteiger partial charge on any atom is -0.444 e. The van der Waals surface area contributed by atoms with Gasteiger partial charge in [0.1, 0.15) is 10.8 Å². The van der Waals surface area contributed by atoms with Gasteiger partial charge in [-0.15, -0.1) is 0 Å². The average molecular weight is 390 g/mol. The summed E-state index contributed by atoms with van der Waals surface area (Å²) < 4.78 is 5.66. The molecule has 0 aliphatic carbocycles. The molecule has 1 unspecified atom stereocenters. The Morgan fingerprint density at radius 1 is 1.26 bits per heavy atom. The molecule has 3 rings (SSSR count). The zero-order valence-corrected chi connectivity index (χ0v) is 17.5. The summed E-state index contributed by atoms with van der Waals surface area (Å²) in [7, 11) is 4.03. The molecule has 1 atom stereocenters. The summed E-state index contributed by atoms with van der Waals surface area (Å²) in [5, 5.41) is 2.55. The first-order valence-corrected chi connectivity index (χ1v) is 9.79. The van der Waals surface area contributed by atoms with Gasteiger partial charge >= 0.3 is 6.09 Å². The summed E-state index contributed by atoms with van der Waals surface area (Å²) in [6.07, 6.45) is 4.59. The number of rotatable bonds is 2. The Morgan fingerprint density at radius 3 is 2.67 bits per heavy atom. The summed E-state index contributed by atoms with van der Waals surface area (Å²) in [4.78, 5) is 21.0. The zero-order chi connectivity index (χ0) is 19.8. The van der Waals surface area contributed by atoms with Gasteiger partial charge in [-0.2, -0.15) is 0 Å². The monoisotopic (exact) mass is 389 g/mol. The van der Waals surface area contributed by atoms with Gasteiger partial charge in [0.05, 0.1) is 6.04 Å². The molecule has 0 spiro atoms. The fraction of sp³-hybridized carbons (Fsp3) is 0.524. The molecule has 2 aromatic rings. The van der Waals surface area contributed by atoms with Crippen LogP contribution in [0.3, 0.4) is 0 Å². The minimum atomic E-state index is -0.504. The van der Waals surface area contributed by atoms with Crippen LogP contribution in [0.4, 0.5) is 10.5 Å². The largest absolute Gasteiger partial charge is 0.444 e. The summed E-state index contributed by atoms with van der Waals surface area (Å²) >= 11 is 6.13. The van der Waals surface area contributed by atoms with Gasteiger partial charge in [0, 0.05) is 37.9 Å². The molecule has 27 heavy (non-hydrogen) atoms. The molecular weight excluding hydrogens is 362 g/mol. The highest BCUT2D eigenvalue weighted by atomic mass is 35.5. The molecule has 1 aliphatic heterocycles. The van der Waals surface area contributed by atoms with E-state index in [2.05, 4.69) is 22.0 Å². The summed E-state index contributed by atoms with van der Waals surface area (Å²) in [5.41, 5.74) is 1.68. The first kappa shape index (κ1) is 19.7. The first-order valence-electron chi connectivity index (χ1n) is 9.42. The predicted molar refractivity (Wildman–Crippen MR) is 111 cm³/mol. The average Bonchev–Trinajstić information content (AvgIpc) is 2.58. The van der Waals surface area contributed by atoms with Crippen LogP contribution < -0.4 is 4.90 Å². The maximum absolute atomic E-state index is 12.8. The van der Waals surface area contributed by atoms with Crippen LogP contribution in [0.2, 0.25) is 5.15 Å². The number of hydrogen-bond donors (Lipinski definition) is 0. The van der Waals surface area contributed by atoms with Crippen molar-refractivity contribution < 1.29 is 9.53 Å². The molecular formula is C21H28ClN3O2. The molecule has 1 saturated heterocycles. The second-order valence-corrected chi connectivity index (χ2v) is 8.74. The van der Waals surface area contributed by atoms with Crippen molar-refractivity contribution in [3.63, 3.8) is 0 Å². The van der Waals surface area contributed by atoms with E-state index in [-0.39, 0.29) is 12.1 Å². The lowest BCUT2D eigenvalue weighted by molar-refractivity contribution is 0.00953. The van der Waals surface area contributed by atoms with Crippen LogP contribution in [0.1, 0.15) is 51.6 Å². The molecule has 0 bridgehead atoms. The van der Waals surface area contributed by atoms with E-state index in [4.69, 9.17) is 16.3 Å². The van der Waals surface area contributed by atoms with E-state index in [9.17, 15) is 4.79 Å². The lowest BCUT2D eigenvalue weighted by Gasteiger charge is -2.37. The van der Waals surface area contributed by atoms with Crippen molar-refractivity contribution >= 4 is 34.2 Å². The SMILES string of the molecule is CN(C)c1cc(C2CCCCN2C(=O)OC(C)(C)C)cc2cc(Cl)ncc12. The topological polar surface area (TPSA) is 45.7 Å². The Kier molecular flexibility index (Phi) is 5.52. The van der Waals surface area contributed by atoms with Crippen LogP contribution in [0.15, 0.2) is 24.4 Å². The number of fused-ring (bicyclic) bond motifs is 1. The predicted octanol–water partition coefficient (Wildman–Crippen LogP) is 5.42. The first-order chi connectivity index (χ1) is 12.7. The summed E-state index contributed by atoms with van der Waals surface area (Å²) in [6.45, 7) is 6.42. The Morgan fingerprint density at radius 2 is 2.00 bits per heavy atom. The van der Waals surface area contributed by atoms with Gasteiger partial charge in [-0.1, -0.05) is 11.6 Å². The Hall–Kier alpha value is -2.01. The van der Waals surface area contributed by atoms with Gasteiger partial charge in [-0.3, -0.25) is 0 Å². The van der Waals surface area contributed by atoms with Crippen molar-refractivity contribution in [2.24, 2.45) is 0 Å². The molecule has 1 aromatic carbocycles. The van der Waals surface area contributed by atoms with Crippen LogP contribution in [-0.2, 0) is 4.74 Å². The summed E-state index contributed by atoms with van der Waals surface area (Å²) in [6, 6.07) is 6.17. The van der Waals surface area contributed by atoms with Gasteiger partial charge in [-0.05, 0) is 69.2 Å². The van der Waals surface area contributed by atoms with Crippen LogP contribution in [0, 0.1) is 0 Å². The second kappa shape index (κ2) is 7.55. The second-order valence-electron chi connectivity index (χ2n) is 8.35. The Labute approximate surface area is 166 Å². The summed E-state index contributed by atoms with van der Waals surface area (Å²) in [5.74, 6) is 0. The van der Waals surface area contributed by atoms with Gasteiger partial charge < -0.3 is 14.5 Å². The highest BCUT2D eigenvalue weighted by Gasteiger charge is 2.32. The van der Waals surface area contributed by atoms with Crippen molar-refractivity contribution in [2.75, 3.05) is 25.5 Å². The number of hydrogen-bond acceptors (Lipinski definition) is 4. The highest BCUT2D eigenvalue weighted by Crippen LogP contribution is 2.37. The van der Waals surface area contributed by atoms with Gasteiger partial charge in [-0.25, -0.2) is 9.78 Å². The van der Waals surface area contributed by atoms with E-state index in [1.165, 1.54) is 0 Å². The fourth-order valence-corrected chi connectivity index (χ4v) is 3.78. The highest BCUT2D eigenvalue weighted by molar-refractivity contribution is 6.30. The van der Waals surface area contributed by atoms with E-state index >= 15 is 0 Å². The van der Waals surface area contributed by atoms with Crippen LogP contribution in [0.25, 0.3) is 10.8 Å². The standard InChI is InChI=1S/C21H28ClN3O2/c1-21(2,3)27-20(26)25-9-7-6-8-17(25)15-10-14-12-19(22)23-13-16(14)18(11-15)24(4)5/h10-13,17H,6-9H2,1-5H3. The third-order valence-corrected chi connectivity index (χ3v) is 5.01. The number of piperidine rings is 1. The van der Waals surface area contributed by atoms with E-state index < -0.39 is 5.60 Å². The molecule has 1 amide bonds. The van der Waals surface area contributed by atoms with Gasteiger partial charge in [0.25, 0.3) is 0 Å². The fourth-order valence-electron chi connectivity index (χ4n) is 3.61. The number of amides is 1. The van der Waals surface area contributed by atoms with E-state index in [0.717, 1.165) is 41.3 Å². The molecule has 2 heterocycles. The number of benzene rings is 1. The van der Waals surface area contributed by atoms with Crippen molar-refractivity contribution in [3.8, 4) is 0 Å². The van der Waals surface area contributed by atoms with Gasteiger partial charge in [0.15, 0.2) is 0 Å². The molecule has 5 nitrogen and oxygen atoms in total. The third kappa shape index (κ3) is 4.46. The molecule has 146 valence electrons. The van der Waals surface area contributed by atoms with Crippen molar-refractivity contribution in [1.29, 1.82) is 0 Å². The van der Waals surface area contributed by atoms with Crippen LogP contribution in [-0.4, -0.2) is 42.2 Å². The number of carbonyl (C=O) groups excluding carboxylic acids is 1. The maximum Gasteiger partial charge on any atom is 0.410 e. The van der Waals surface area contributed by atoms with Crippen LogP contribution in [0.5, 0.6) is 0 Å². The Bertz CT molecular complexity index is 845. The Balaban J connectivity index is 2.04. The van der Waals surface area contributed by atoms with E-state index in [0.29, 0.717) is 11.7 Å². The lowest BCUT2D eigenvalue weighted by atomic mass is 9.93. The van der Waals surface area contributed by atoms with Crippen molar-refractivity contribution in [2.45, 2.75) is 51.7 Å². The molecule has 6 heteroatoms. The number of pyridine rings is 1.